The van der Waals surface area contributed by atoms with Gasteiger partial charge in [0.05, 0.1) is 12.3 Å². The van der Waals surface area contributed by atoms with Crippen molar-refractivity contribution in [1.82, 2.24) is 4.90 Å². The maximum atomic E-state index is 12.1. The number of para-hydroxylation sites is 1. The monoisotopic (exact) mass is 368 g/mol. The molecule has 0 radical (unpaired) electrons. The van der Waals surface area contributed by atoms with Gasteiger partial charge in [-0.15, -0.1) is 0 Å². The van der Waals surface area contributed by atoms with Crippen LogP contribution in [0.25, 0.3) is 11.1 Å². The largest absolute Gasteiger partial charge is 0.491 e. The van der Waals surface area contributed by atoms with E-state index in [1.54, 1.807) is 14.1 Å². The number of benzene rings is 2. The number of nitrogens with zero attached hydrogens (tertiary/aromatic N) is 1. The smallest absolute Gasteiger partial charge is 0.321 e. The van der Waals surface area contributed by atoms with Crippen LogP contribution in [0.1, 0.15) is 32.8 Å². The molecule has 0 unspecified atom stereocenters. The third-order valence-electron chi connectivity index (χ3n) is 4.71. The van der Waals surface area contributed by atoms with Gasteiger partial charge in [0.25, 0.3) is 0 Å². The zero-order chi connectivity index (χ0) is 19.6. The Hall–Kier alpha value is -2.69. The molecule has 144 valence electrons. The van der Waals surface area contributed by atoms with Crippen molar-refractivity contribution in [1.29, 1.82) is 0 Å². The summed E-state index contributed by atoms with van der Waals surface area (Å²) in [7, 11) is 3.43. The third-order valence-corrected chi connectivity index (χ3v) is 4.71. The number of urea groups is 1. The quantitative estimate of drug-likeness (QED) is 0.831. The SMILES string of the molecule is CCOc1c(NC(=O)N(C)C)cccc1-c1ccc2c(c1)CCC(C)(C)O2. The Morgan fingerprint density at radius 3 is 2.74 bits per heavy atom. The lowest BCUT2D eigenvalue weighted by atomic mass is 9.92. The van der Waals surface area contributed by atoms with Crippen molar-refractivity contribution in [2.24, 2.45) is 0 Å². The number of anilines is 1. The minimum atomic E-state index is -0.186. The molecule has 5 heteroatoms. The number of rotatable bonds is 4. The molecule has 3 rings (SSSR count). The number of carbonyl (C=O) groups is 1. The Bertz CT molecular complexity index is 843. The molecule has 2 aromatic rings. The van der Waals surface area contributed by atoms with Crippen molar-refractivity contribution >= 4 is 11.7 Å². The standard InChI is InChI=1S/C22H28N2O3/c1-6-26-20-17(8-7-9-18(20)23-21(25)24(4)5)15-10-11-19-16(14-15)12-13-22(2,3)27-19/h7-11,14H,6,12-13H2,1-5H3,(H,23,25). The highest BCUT2D eigenvalue weighted by atomic mass is 16.5. The van der Waals surface area contributed by atoms with Crippen molar-refractivity contribution < 1.29 is 14.3 Å². The molecule has 2 aromatic carbocycles. The molecule has 2 amide bonds. The Kier molecular flexibility index (Phi) is 5.31. The molecule has 0 saturated heterocycles. The second-order valence-electron chi connectivity index (χ2n) is 7.62. The van der Waals surface area contributed by atoms with Gasteiger partial charge in [0.2, 0.25) is 0 Å². The second kappa shape index (κ2) is 7.51. The molecule has 27 heavy (non-hydrogen) atoms. The lowest BCUT2D eigenvalue weighted by Crippen LogP contribution is -2.32. The molecule has 1 aliphatic rings. The van der Waals surface area contributed by atoms with Crippen molar-refractivity contribution in [3.8, 4) is 22.6 Å². The Labute approximate surface area is 161 Å². The van der Waals surface area contributed by atoms with Crippen molar-refractivity contribution in [3.63, 3.8) is 0 Å². The first-order valence-electron chi connectivity index (χ1n) is 9.37. The van der Waals surface area contributed by atoms with Crippen LogP contribution in [-0.4, -0.2) is 37.2 Å². The summed E-state index contributed by atoms with van der Waals surface area (Å²) in [4.78, 5) is 13.6. The average molecular weight is 368 g/mol. The van der Waals surface area contributed by atoms with Crippen molar-refractivity contribution in [3.05, 3.63) is 42.0 Å². The summed E-state index contributed by atoms with van der Waals surface area (Å²) in [6.45, 7) is 6.70. The van der Waals surface area contributed by atoms with Gasteiger partial charge in [-0.25, -0.2) is 4.79 Å². The van der Waals surface area contributed by atoms with Gasteiger partial charge in [-0.1, -0.05) is 18.2 Å². The predicted octanol–water partition coefficient (Wildman–Crippen LogP) is 4.95. The Morgan fingerprint density at radius 2 is 2.04 bits per heavy atom. The summed E-state index contributed by atoms with van der Waals surface area (Å²) < 4.78 is 12.0. The molecule has 0 atom stereocenters. The van der Waals surface area contributed by atoms with E-state index in [0.717, 1.165) is 29.7 Å². The van der Waals surface area contributed by atoms with E-state index in [9.17, 15) is 4.79 Å². The molecule has 0 bridgehead atoms. The Balaban J connectivity index is 2.00. The molecule has 1 N–H and O–H groups in total. The van der Waals surface area contributed by atoms with Crippen LogP contribution in [0.4, 0.5) is 10.5 Å². The van der Waals surface area contributed by atoms with E-state index >= 15 is 0 Å². The van der Waals surface area contributed by atoms with E-state index in [2.05, 4.69) is 31.3 Å². The maximum absolute atomic E-state index is 12.1. The Morgan fingerprint density at radius 1 is 1.26 bits per heavy atom. The van der Waals surface area contributed by atoms with Gasteiger partial charge in [0.15, 0.2) is 5.75 Å². The highest BCUT2D eigenvalue weighted by Gasteiger charge is 2.27. The minimum Gasteiger partial charge on any atom is -0.491 e. The lowest BCUT2D eigenvalue weighted by molar-refractivity contribution is 0.0847. The molecule has 0 saturated carbocycles. The van der Waals surface area contributed by atoms with Gasteiger partial charge in [-0.3, -0.25) is 0 Å². The maximum Gasteiger partial charge on any atom is 0.321 e. The van der Waals surface area contributed by atoms with Gasteiger partial charge in [-0.2, -0.15) is 0 Å². The van der Waals surface area contributed by atoms with Gasteiger partial charge >= 0.3 is 6.03 Å². The van der Waals surface area contributed by atoms with Gasteiger partial charge in [0, 0.05) is 19.7 Å². The van der Waals surface area contributed by atoms with Crippen LogP contribution in [-0.2, 0) is 6.42 Å². The zero-order valence-corrected chi connectivity index (χ0v) is 16.8. The molecule has 0 fully saturated rings. The third kappa shape index (κ3) is 4.18. The van der Waals surface area contributed by atoms with Crippen LogP contribution in [0.3, 0.4) is 0 Å². The van der Waals surface area contributed by atoms with Crippen LogP contribution in [0.5, 0.6) is 11.5 Å². The van der Waals surface area contributed by atoms with Crippen LogP contribution >= 0.6 is 0 Å². The van der Waals surface area contributed by atoms with E-state index in [4.69, 9.17) is 9.47 Å². The number of nitrogens with one attached hydrogen (secondary N) is 1. The lowest BCUT2D eigenvalue weighted by Gasteiger charge is -2.32. The highest BCUT2D eigenvalue weighted by molar-refractivity contribution is 5.93. The van der Waals surface area contributed by atoms with Gasteiger partial charge in [-0.05, 0) is 62.9 Å². The first kappa shape index (κ1) is 19.1. The first-order valence-corrected chi connectivity index (χ1v) is 9.37. The van der Waals surface area contributed by atoms with Gasteiger partial charge in [0.1, 0.15) is 11.4 Å². The van der Waals surface area contributed by atoms with Crippen LogP contribution in [0.15, 0.2) is 36.4 Å². The fourth-order valence-corrected chi connectivity index (χ4v) is 3.22. The summed E-state index contributed by atoms with van der Waals surface area (Å²) >= 11 is 0. The number of hydrogen-bond acceptors (Lipinski definition) is 3. The number of fused-ring (bicyclic) bond motifs is 1. The molecule has 1 heterocycles. The molecule has 5 nitrogen and oxygen atoms in total. The number of ether oxygens (including phenoxy) is 2. The summed E-state index contributed by atoms with van der Waals surface area (Å²) in [5.41, 5.74) is 3.77. The molecule has 0 aromatic heterocycles. The van der Waals surface area contributed by atoms with Crippen molar-refractivity contribution in [2.45, 2.75) is 39.2 Å². The summed E-state index contributed by atoms with van der Waals surface area (Å²) in [5.74, 6) is 1.64. The highest BCUT2D eigenvalue weighted by Crippen LogP contribution is 2.40. The summed E-state index contributed by atoms with van der Waals surface area (Å²) in [6.07, 6.45) is 1.97. The number of hydrogen-bond donors (Lipinski definition) is 1. The summed E-state index contributed by atoms with van der Waals surface area (Å²) in [6, 6.07) is 11.9. The van der Waals surface area contributed by atoms with Gasteiger partial charge < -0.3 is 19.7 Å². The molecule has 0 aliphatic carbocycles. The van der Waals surface area contributed by atoms with Crippen LogP contribution < -0.4 is 14.8 Å². The molecular formula is C22H28N2O3. The number of aryl methyl sites for hydroxylation is 1. The van der Waals surface area contributed by atoms with E-state index < -0.39 is 0 Å². The van der Waals surface area contributed by atoms with E-state index in [0.29, 0.717) is 18.0 Å². The minimum absolute atomic E-state index is 0.124. The van der Waals surface area contributed by atoms with E-state index in [1.165, 1.54) is 10.5 Å². The van der Waals surface area contributed by atoms with Crippen LogP contribution in [0.2, 0.25) is 0 Å². The average Bonchev–Trinajstić information content (AvgIpc) is 2.62. The van der Waals surface area contributed by atoms with Crippen molar-refractivity contribution in [2.75, 3.05) is 26.0 Å². The number of amides is 2. The molecule has 0 spiro atoms. The molecular weight excluding hydrogens is 340 g/mol. The second-order valence-corrected chi connectivity index (χ2v) is 7.62. The topological polar surface area (TPSA) is 50.8 Å². The fraction of sp³-hybridized carbons (Fsp3) is 0.409. The number of carbonyl (C=O) groups excluding carboxylic acids is 1. The fourth-order valence-electron chi connectivity index (χ4n) is 3.22. The van der Waals surface area contributed by atoms with Crippen LogP contribution in [0, 0.1) is 0 Å². The zero-order valence-electron chi connectivity index (χ0n) is 16.8. The normalized spacial score (nSPS) is 14.7. The predicted molar refractivity (Wildman–Crippen MR) is 109 cm³/mol. The first-order chi connectivity index (χ1) is 12.8. The summed E-state index contributed by atoms with van der Waals surface area (Å²) in [5, 5.41) is 2.92. The molecule has 1 aliphatic heterocycles. The van der Waals surface area contributed by atoms with E-state index in [-0.39, 0.29) is 11.6 Å². The van der Waals surface area contributed by atoms with E-state index in [1.807, 2.05) is 31.2 Å².